The van der Waals surface area contributed by atoms with Crippen LogP contribution >= 0.6 is 0 Å². The summed E-state index contributed by atoms with van der Waals surface area (Å²) in [5.74, 6) is -0.325. The van der Waals surface area contributed by atoms with Gasteiger partial charge < -0.3 is 15.4 Å². The monoisotopic (exact) mass is 325 g/mol. The van der Waals surface area contributed by atoms with Crippen molar-refractivity contribution in [2.75, 3.05) is 19.0 Å². The molecule has 1 aliphatic heterocycles. The molecule has 8 nitrogen and oxygen atoms in total. The molecule has 1 aromatic heterocycles. The SMILES string of the molecule is COc1ccc(C(=O)Nc2cnn3c2C(=O)NCC3C)cc1C#N. The molecule has 1 aliphatic rings. The molecule has 0 saturated heterocycles. The number of benzene rings is 1. The summed E-state index contributed by atoms with van der Waals surface area (Å²) in [7, 11) is 1.45. The Bertz CT molecular complexity index is 865. The van der Waals surface area contributed by atoms with Crippen LogP contribution in [0.15, 0.2) is 24.4 Å². The summed E-state index contributed by atoms with van der Waals surface area (Å²) in [6.45, 7) is 2.41. The molecular formula is C16H15N5O3. The predicted molar refractivity (Wildman–Crippen MR) is 84.9 cm³/mol. The van der Waals surface area contributed by atoms with Crippen LogP contribution in [0.1, 0.15) is 39.4 Å². The lowest BCUT2D eigenvalue weighted by atomic mass is 10.1. The van der Waals surface area contributed by atoms with Gasteiger partial charge in [-0.3, -0.25) is 14.3 Å². The van der Waals surface area contributed by atoms with Crippen LogP contribution in [0.4, 0.5) is 5.69 Å². The average Bonchev–Trinajstić information content (AvgIpc) is 3.02. The summed E-state index contributed by atoms with van der Waals surface area (Å²) >= 11 is 0. The molecule has 0 radical (unpaired) electrons. The molecule has 2 amide bonds. The van der Waals surface area contributed by atoms with Crippen molar-refractivity contribution in [1.82, 2.24) is 15.1 Å². The summed E-state index contributed by atoms with van der Waals surface area (Å²) in [4.78, 5) is 24.5. The third kappa shape index (κ3) is 2.56. The number of carbonyl (C=O) groups is 2. The molecule has 3 rings (SSSR count). The van der Waals surface area contributed by atoms with Crippen LogP contribution in [0.2, 0.25) is 0 Å². The summed E-state index contributed by atoms with van der Waals surface area (Å²) < 4.78 is 6.64. The van der Waals surface area contributed by atoms with Crippen LogP contribution in [-0.4, -0.2) is 35.2 Å². The van der Waals surface area contributed by atoms with E-state index in [-0.39, 0.29) is 23.1 Å². The van der Waals surface area contributed by atoms with Gasteiger partial charge in [0.15, 0.2) is 0 Å². The van der Waals surface area contributed by atoms with Gasteiger partial charge in [-0.25, -0.2) is 0 Å². The first-order valence-corrected chi connectivity index (χ1v) is 7.30. The zero-order valence-electron chi connectivity index (χ0n) is 13.2. The van der Waals surface area contributed by atoms with Gasteiger partial charge in [-0.1, -0.05) is 0 Å². The Balaban J connectivity index is 1.89. The first-order chi connectivity index (χ1) is 11.5. The normalized spacial score (nSPS) is 15.9. The summed E-state index contributed by atoms with van der Waals surface area (Å²) in [5.41, 5.74) is 1.19. The van der Waals surface area contributed by atoms with Crippen molar-refractivity contribution in [3.05, 3.63) is 41.2 Å². The van der Waals surface area contributed by atoms with Crippen molar-refractivity contribution in [3.63, 3.8) is 0 Å². The zero-order chi connectivity index (χ0) is 17.3. The second kappa shape index (κ2) is 6.04. The number of methoxy groups -OCH3 is 1. The van der Waals surface area contributed by atoms with Crippen molar-refractivity contribution >= 4 is 17.5 Å². The molecule has 8 heteroatoms. The molecular weight excluding hydrogens is 310 g/mol. The quantitative estimate of drug-likeness (QED) is 0.884. The number of rotatable bonds is 3. The van der Waals surface area contributed by atoms with Gasteiger partial charge in [-0.15, -0.1) is 0 Å². The van der Waals surface area contributed by atoms with E-state index in [9.17, 15) is 9.59 Å². The fourth-order valence-corrected chi connectivity index (χ4v) is 2.56. The predicted octanol–water partition coefficient (Wildman–Crippen LogP) is 1.32. The van der Waals surface area contributed by atoms with Crippen LogP contribution in [0.3, 0.4) is 0 Å². The topological polar surface area (TPSA) is 109 Å². The van der Waals surface area contributed by atoms with Crippen molar-refractivity contribution in [3.8, 4) is 11.8 Å². The van der Waals surface area contributed by atoms with Crippen molar-refractivity contribution < 1.29 is 14.3 Å². The number of nitriles is 1. The average molecular weight is 325 g/mol. The van der Waals surface area contributed by atoms with E-state index >= 15 is 0 Å². The summed E-state index contributed by atoms with van der Waals surface area (Å²) in [6.07, 6.45) is 1.45. The van der Waals surface area contributed by atoms with Gasteiger partial charge in [0.2, 0.25) is 0 Å². The maximum absolute atomic E-state index is 12.4. The number of amides is 2. The molecule has 0 saturated carbocycles. The van der Waals surface area contributed by atoms with Gasteiger partial charge in [0.25, 0.3) is 11.8 Å². The number of hydrogen-bond donors (Lipinski definition) is 2. The van der Waals surface area contributed by atoms with E-state index in [0.717, 1.165) is 0 Å². The standard InChI is InChI=1S/C16H15N5O3/c1-9-7-18-16(23)14-12(8-19-21(9)14)20-15(22)10-3-4-13(24-2)11(5-10)6-17/h3-5,8-9H,7H2,1-2H3,(H,18,23)(H,20,22). The minimum Gasteiger partial charge on any atom is -0.495 e. The van der Waals surface area contributed by atoms with Crippen LogP contribution in [0.25, 0.3) is 0 Å². The number of nitrogens with zero attached hydrogens (tertiary/aromatic N) is 3. The van der Waals surface area contributed by atoms with E-state index in [1.165, 1.54) is 19.4 Å². The number of anilines is 1. The van der Waals surface area contributed by atoms with Crippen LogP contribution in [0, 0.1) is 11.3 Å². The number of carbonyl (C=O) groups excluding carboxylic acids is 2. The number of aromatic nitrogens is 2. The molecule has 24 heavy (non-hydrogen) atoms. The van der Waals surface area contributed by atoms with Crippen LogP contribution in [0.5, 0.6) is 5.75 Å². The maximum Gasteiger partial charge on any atom is 0.271 e. The van der Waals surface area contributed by atoms with E-state index in [2.05, 4.69) is 15.7 Å². The van der Waals surface area contributed by atoms with E-state index in [4.69, 9.17) is 10.00 Å². The second-order valence-electron chi connectivity index (χ2n) is 5.39. The van der Waals surface area contributed by atoms with Gasteiger partial charge in [-0.05, 0) is 25.1 Å². The Hall–Kier alpha value is -3.34. The number of nitrogens with one attached hydrogen (secondary N) is 2. The van der Waals surface area contributed by atoms with Crippen molar-refractivity contribution in [2.24, 2.45) is 0 Å². The molecule has 1 atom stereocenters. The number of fused-ring (bicyclic) bond motifs is 1. The highest BCUT2D eigenvalue weighted by molar-refractivity contribution is 6.08. The highest BCUT2D eigenvalue weighted by atomic mass is 16.5. The Morgan fingerprint density at radius 2 is 2.33 bits per heavy atom. The highest BCUT2D eigenvalue weighted by Crippen LogP contribution is 2.24. The Kier molecular flexibility index (Phi) is 3.92. The Labute approximate surface area is 138 Å². The van der Waals surface area contributed by atoms with Gasteiger partial charge in [-0.2, -0.15) is 10.4 Å². The minimum atomic E-state index is -0.434. The molecule has 122 valence electrons. The number of ether oxygens (including phenoxy) is 1. The van der Waals surface area contributed by atoms with Gasteiger partial charge in [0.1, 0.15) is 17.5 Å². The third-order valence-corrected chi connectivity index (χ3v) is 3.82. The van der Waals surface area contributed by atoms with Crippen molar-refractivity contribution in [2.45, 2.75) is 13.0 Å². The molecule has 0 bridgehead atoms. The lowest BCUT2D eigenvalue weighted by Crippen LogP contribution is -2.38. The molecule has 0 aliphatic carbocycles. The fraction of sp³-hybridized carbons (Fsp3) is 0.250. The fourth-order valence-electron chi connectivity index (χ4n) is 2.56. The molecule has 2 aromatic rings. The van der Waals surface area contributed by atoms with Gasteiger partial charge in [0, 0.05) is 12.1 Å². The van der Waals surface area contributed by atoms with Crippen LogP contribution < -0.4 is 15.4 Å². The minimum absolute atomic E-state index is 0.00882. The van der Waals surface area contributed by atoms with E-state index < -0.39 is 5.91 Å². The number of hydrogen-bond acceptors (Lipinski definition) is 5. The van der Waals surface area contributed by atoms with Crippen LogP contribution in [-0.2, 0) is 0 Å². The first-order valence-electron chi connectivity index (χ1n) is 7.30. The lowest BCUT2D eigenvalue weighted by Gasteiger charge is -2.22. The molecule has 0 fully saturated rings. The molecule has 1 aromatic carbocycles. The van der Waals surface area contributed by atoms with E-state index in [1.807, 2.05) is 13.0 Å². The zero-order valence-corrected chi connectivity index (χ0v) is 13.2. The van der Waals surface area contributed by atoms with Crippen molar-refractivity contribution in [1.29, 1.82) is 5.26 Å². The van der Waals surface area contributed by atoms with Gasteiger partial charge in [0.05, 0.1) is 30.6 Å². The summed E-state index contributed by atoms with van der Waals surface area (Å²) in [6, 6.07) is 6.52. The van der Waals surface area contributed by atoms with E-state index in [1.54, 1.807) is 16.8 Å². The third-order valence-electron chi connectivity index (χ3n) is 3.82. The lowest BCUT2D eigenvalue weighted by molar-refractivity contribution is 0.0913. The summed E-state index contributed by atoms with van der Waals surface area (Å²) in [5, 5.41) is 18.7. The molecule has 1 unspecified atom stereocenters. The first kappa shape index (κ1) is 15.6. The molecule has 0 spiro atoms. The molecule has 2 N–H and O–H groups in total. The smallest absolute Gasteiger partial charge is 0.271 e. The maximum atomic E-state index is 12.4. The Morgan fingerprint density at radius 3 is 3.04 bits per heavy atom. The van der Waals surface area contributed by atoms with E-state index in [0.29, 0.717) is 23.7 Å². The highest BCUT2D eigenvalue weighted by Gasteiger charge is 2.27. The second-order valence-corrected chi connectivity index (χ2v) is 5.39. The largest absolute Gasteiger partial charge is 0.495 e. The van der Waals surface area contributed by atoms with Gasteiger partial charge >= 0.3 is 0 Å². The Morgan fingerprint density at radius 1 is 1.54 bits per heavy atom. The molecule has 2 heterocycles.